The fourth-order valence-corrected chi connectivity index (χ4v) is 2.04. The number of pyridine rings is 1. The van der Waals surface area contributed by atoms with E-state index < -0.39 is 7.12 Å². The molecule has 0 atom stereocenters. The molecule has 0 amide bonds. The standard InChI is InChI=1S/C9H12BClN2O2/c11-8-5-7(10(14)15)6-12-9(8)13-3-1-2-4-13/h5-6,14-15H,1-4H2. The van der Waals surface area contributed by atoms with Gasteiger partial charge in [0.15, 0.2) is 0 Å². The molecule has 1 aromatic rings. The topological polar surface area (TPSA) is 56.6 Å². The van der Waals surface area contributed by atoms with Gasteiger partial charge in [0.25, 0.3) is 0 Å². The number of nitrogens with zero attached hydrogens (tertiary/aromatic N) is 2. The average Bonchev–Trinajstić information content (AvgIpc) is 2.70. The third-order valence-corrected chi connectivity index (χ3v) is 2.82. The molecule has 0 bridgehead atoms. The molecule has 1 aliphatic rings. The van der Waals surface area contributed by atoms with Crippen LogP contribution in [-0.4, -0.2) is 35.2 Å². The normalized spacial score (nSPS) is 15.8. The van der Waals surface area contributed by atoms with Crippen LogP contribution in [0.3, 0.4) is 0 Å². The van der Waals surface area contributed by atoms with Crippen molar-refractivity contribution in [1.82, 2.24) is 4.98 Å². The summed E-state index contributed by atoms with van der Waals surface area (Å²) in [5.74, 6) is 0.735. The van der Waals surface area contributed by atoms with Crippen molar-refractivity contribution in [2.45, 2.75) is 12.8 Å². The van der Waals surface area contributed by atoms with Gasteiger partial charge >= 0.3 is 7.12 Å². The second-order valence-electron chi connectivity index (χ2n) is 3.64. The number of anilines is 1. The zero-order valence-electron chi connectivity index (χ0n) is 8.23. The Morgan fingerprint density at radius 1 is 1.33 bits per heavy atom. The lowest BCUT2D eigenvalue weighted by molar-refractivity contribution is 0.425. The molecule has 0 radical (unpaired) electrons. The maximum Gasteiger partial charge on any atom is 0.490 e. The molecule has 15 heavy (non-hydrogen) atoms. The lowest BCUT2D eigenvalue weighted by atomic mass is 9.82. The smallest absolute Gasteiger partial charge is 0.423 e. The molecule has 4 nitrogen and oxygen atoms in total. The third-order valence-electron chi connectivity index (χ3n) is 2.55. The number of aromatic nitrogens is 1. The van der Waals surface area contributed by atoms with E-state index in [-0.39, 0.29) is 0 Å². The van der Waals surface area contributed by atoms with Crippen LogP contribution in [0.25, 0.3) is 0 Å². The molecule has 0 saturated carbocycles. The lowest BCUT2D eigenvalue weighted by Crippen LogP contribution is -2.31. The van der Waals surface area contributed by atoms with Crippen molar-refractivity contribution < 1.29 is 10.0 Å². The molecule has 1 aliphatic heterocycles. The van der Waals surface area contributed by atoms with Crippen molar-refractivity contribution in [3.8, 4) is 0 Å². The summed E-state index contributed by atoms with van der Waals surface area (Å²) in [6.45, 7) is 1.93. The molecule has 0 aliphatic carbocycles. The number of hydrogen-bond acceptors (Lipinski definition) is 4. The Balaban J connectivity index is 2.25. The summed E-state index contributed by atoms with van der Waals surface area (Å²) in [5.41, 5.74) is 0.322. The van der Waals surface area contributed by atoms with E-state index in [1.807, 2.05) is 0 Å². The first-order chi connectivity index (χ1) is 7.18. The minimum absolute atomic E-state index is 0.322. The highest BCUT2D eigenvalue weighted by atomic mass is 35.5. The van der Waals surface area contributed by atoms with Crippen LogP contribution in [-0.2, 0) is 0 Å². The molecule has 1 fully saturated rings. The second kappa shape index (κ2) is 4.39. The van der Waals surface area contributed by atoms with Gasteiger partial charge in [-0.05, 0) is 18.9 Å². The summed E-state index contributed by atoms with van der Waals surface area (Å²) < 4.78 is 0. The van der Waals surface area contributed by atoms with Crippen molar-refractivity contribution in [3.05, 3.63) is 17.3 Å². The van der Waals surface area contributed by atoms with Gasteiger partial charge in [-0.1, -0.05) is 11.6 Å². The Labute approximate surface area is 93.6 Å². The average molecular weight is 226 g/mol. The summed E-state index contributed by atoms with van der Waals surface area (Å²) in [7, 11) is -1.51. The molecule has 1 aromatic heterocycles. The van der Waals surface area contributed by atoms with Gasteiger partial charge in [-0.3, -0.25) is 0 Å². The van der Waals surface area contributed by atoms with Gasteiger partial charge in [0.05, 0.1) is 5.02 Å². The number of rotatable bonds is 2. The first-order valence-electron chi connectivity index (χ1n) is 4.95. The van der Waals surface area contributed by atoms with Crippen molar-refractivity contribution >= 4 is 30.0 Å². The molecule has 0 spiro atoms. The molecule has 0 aromatic carbocycles. The lowest BCUT2D eigenvalue weighted by Gasteiger charge is -2.17. The zero-order valence-corrected chi connectivity index (χ0v) is 8.98. The van der Waals surface area contributed by atoms with Gasteiger partial charge in [0.1, 0.15) is 5.82 Å². The van der Waals surface area contributed by atoms with E-state index in [9.17, 15) is 0 Å². The van der Waals surface area contributed by atoms with Gasteiger partial charge in [0, 0.05) is 24.7 Å². The minimum atomic E-state index is -1.51. The van der Waals surface area contributed by atoms with E-state index in [1.165, 1.54) is 6.20 Å². The second-order valence-corrected chi connectivity index (χ2v) is 4.05. The quantitative estimate of drug-likeness (QED) is 0.698. The van der Waals surface area contributed by atoms with Gasteiger partial charge in [0.2, 0.25) is 0 Å². The van der Waals surface area contributed by atoms with Crippen LogP contribution in [0.4, 0.5) is 5.82 Å². The predicted molar refractivity (Wildman–Crippen MR) is 60.5 cm³/mol. The highest BCUT2D eigenvalue weighted by Crippen LogP contribution is 2.24. The molecule has 6 heteroatoms. The zero-order chi connectivity index (χ0) is 10.8. The Bertz CT molecular complexity index is 356. The third kappa shape index (κ3) is 2.25. The first-order valence-corrected chi connectivity index (χ1v) is 5.33. The van der Waals surface area contributed by atoms with E-state index in [2.05, 4.69) is 9.88 Å². The maximum absolute atomic E-state index is 8.95. The molecule has 80 valence electrons. The maximum atomic E-state index is 8.95. The Hall–Kier alpha value is -0.775. The van der Waals surface area contributed by atoms with Crippen LogP contribution in [0.15, 0.2) is 12.3 Å². The number of hydrogen-bond donors (Lipinski definition) is 2. The van der Waals surface area contributed by atoms with Crippen LogP contribution in [0.2, 0.25) is 5.02 Å². The van der Waals surface area contributed by atoms with Crippen LogP contribution in [0.1, 0.15) is 12.8 Å². The SMILES string of the molecule is OB(O)c1cnc(N2CCCC2)c(Cl)c1. The fourth-order valence-electron chi connectivity index (χ4n) is 1.75. The van der Waals surface area contributed by atoms with E-state index in [4.69, 9.17) is 21.6 Å². The van der Waals surface area contributed by atoms with Crippen molar-refractivity contribution in [3.63, 3.8) is 0 Å². The predicted octanol–water partition coefficient (Wildman–Crippen LogP) is 0.0150. The Kier molecular flexibility index (Phi) is 3.14. The minimum Gasteiger partial charge on any atom is -0.423 e. The van der Waals surface area contributed by atoms with Gasteiger partial charge < -0.3 is 14.9 Å². The molecular weight excluding hydrogens is 214 g/mol. The van der Waals surface area contributed by atoms with Gasteiger partial charge in [-0.15, -0.1) is 0 Å². The summed E-state index contributed by atoms with van der Waals surface area (Å²) in [4.78, 5) is 6.26. The van der Waals surface area contributed by atoms with Crippen LogP contribution in [0, 0.1) is 0 Å². The van der Waals surface area contributed by atoms with Crippen molar-refractivity contribution in [2.75, 3.05) is 18.0 Å². The highest BCUT2D eigenvalue weighted by Gasteiger charge is 2.19. The molecular formula is C9H12BClN2O2. The van der Waals surface area contributed by atoms with E-state index >= 15 is 0 Å². The van der Waals surface area contributed by atoms with Crippen molar-refractivity contribution in [1.29, 1.82) is 0 Å². The summed E-state index contributed by atoms with van der Waals surface area (Å²) >= 11 is 6.03. The fraction of sp³-hybridized carbons (Fsp3) is 0.444. The first kappa shape index (κ1) is 10.7. The molecule has 0 unspecified atom stereocenters. The van der Waals surface area contributed by atoms with Crippen LogP contribution < -0.4 is 10.4 Å². The van der Waals surface area contributed by atoms with E-state index in [0.29, 0.717) is 10.5 Å². The molecule has 1 saturated heterocycles. The van der Waals surface area contributed by atoms with Gasteiger partial charge in [-0.25, -0.2) is 4.98 Å². The summed E-state index contributed by atoms with van der Waals surface area (Å²) in [6.07, 6.45) is 3.76. The molecule has 2 heterocycles. The number of halogens is 1. The van der Waals surface area contributed by atoms with E-state index in [0.717, 1.165) is 31.7 Å². The van der Waals surface area contributed by atoms with E-state index in [1.54, 1.807) is 6.07 Å². The summed E-state index contributed by atoms with van der Waals surface area (Å²) in [6, 6.07) is 1.55. The highest BCUT2D eigenvalue weighted by molar-refractivity contribution is 6.59. The molecule has 2 rings (SSSR count). The Morgan fingerprint density at radius 3 is 2.53 bits per heavy atom. The largest absolute Gasteiger partial charge is 0.490 e. The van der Waals surface area contributed by atoms with Gasteiger partial charge in [-0.2, -0.15) is 0 Å². The summed E-state index contributed by atoms with van der Waals surface area (Å²) in [5, 5.41) is 18.4. The molecule has 2 N–H and O–H groups in total. The van der Waals surface area contributed by atoms with Crippen LogP contribution in [0.5, 0.6) is 0 Å². The van der Waals surface area contributed by atoms with Crippen LogP contribution >= 0.6 is 11.6 Å². The Morgan fingerprint density at radius 2 is 2.00 bits per heavy atom. The monoisotopic (exact) mass is 226 g/mol. The van der Waals surface area contributed by atoms with Crippen molar-refractivity contribution in [2.24, 2.45) is 0 Å².